The van der Waals surface area contributed by atoms with Gasteiger partial charge in [-0.3, -0.25) is 9.35 Å². The van der Waals surface area contributed by atoms with Gasteiger partial charge in [0.25, 0.3) is 0 Å². The summed E-state index contributed by atoms with van der Waals surface area (Å²) >= 11 is 0. The van der Waals surface area contributed by atoms with Gasteiger partial charge < -0.3 is 40.3 Å². The lowest BCUT2D eigenvalue weighted by Gasteiger charge is -2.41. The Bertz CT molecular complexity index is 1140. The van der Waals surface area contributed by atoms with Crippen LogP contribution < -0.4 is 5.32 Å². The molecule has 13 nitrogen and oxygen atoms in total. The number of rotatable bonds is 41. The van der Waals surface area contributed by atoms with Gasteiger partial charge in [-0.15, -0.1) is 0 Å². The average Bonchev–Trinajstić information content (AvgIpc) is 3.22. The van der Waals surface area contributed by atoms with Gasteiger partial charge in [-0.1, -0.05) is 206 Å². The van der Waals surface area contributed by atoms with Crippen molar-refractivity contribution in [3.63, 3.8) is 0 Å². The molecule has 0 radical (unpaired) electrons. The van der Waals surface area contributed by atoms with Crippen molar-refractivity contribution in [3.05, 3.63) is 12.2 Å². The summed E-state index contributed by atoms with van der Waals surface area (Å²) in [5.74, 6) is -0.702. The molecular formula is C46H89NO12S. The first-order chi connectivity index (χ1) is 28.9. The zero-order valence-electron chi connectivity index (χ0n) is 37.6. The monoisotopic (exact) mass is 880 g/mol. The van der Waals surface area contributed by atoms with Gasteiger partial charge in [0.05, 0.1) is 25.4 Å². The number of carbonyl (C=O) groups excluding carboxylic acids is 1. The summed E-state index contributed by atoms with van der Waals surface area (Å²) < 4.78 is 47.5. The molecule has 1 amide bonds. The van der Waals surface area contributed by atoms with Crippen LogP contribution >= 0.6 is 0 Å². The van der Waals surface area contributed by atoms with Crippen LogP contribution in [0.4, 0.5) is 0 Å². The van der Waals surface area contributed by atoms with Crippen LogP contribution in [0.2, 0.25) is 0 Å². The van der Waals surface area contributed by atoms with Gasteiger partial charge in [-0.2, -0.15) is 8.42 Å². The second-order valence-corrected chi connectivity index (χ2v) is 18.2. The Balaban J connectivity index is 2.51. The van der Waals surface area contributed by atoms with E-state index >= 15 is 0 Å². The van der Waals surface area contributed by atoms with Crippen LogP contribution in [0.1, 0.15) is 213 Å². The van der Waals surface area contributed by atoms with Crippen LogP contribution in [0.25, 0.3) is 0 Å². The summed E-state index contributed by atoms with van der Waals surface area (Å²) in [5, 5.41) is 55.1. The SMILES string of the molecule is CCCCCCCCCCCCCCCCCCCCC/C=C/C(O)C(COC1OC(CO)C(O)C(OS(=O)(=O)O)C1O)NC(=O)C(O)CCCCCCCCCCCC. The molecule has 0 aliphatic carbocycles. The topological polar surface area (TPSA) is 212 Å². The molecule has 14 heteroatoms. The standard InChI is InChI=1S/C46H89NO12S/c1-3-5-7-9-11-13-15-16-17-18-19-20-21-22-23-24-25-27-28-30-32-34-39(49)38(47-45(53)40(50)35-33-31-29-26-14-12-10-8-6-4-2)37-57-46-43(52)44(59-60(54,55)56)42(51)41(36-48)58-46/h32,34,38-44,46,48-52H,3-31,33,35-37H2,1-2H3,(H,47,53)(H,54,55,56)/b34-32+. The van der Waals surface area contributed by atoms with Crippen molar-refractivity contribution in [1.82, 2.24) is 5.32 Å². The fraction of sp³-hybridized carbons (Fsp3) is 0.935. The van der Waals surface area contributed by atoms with Crippen LogP contribution in [0.5, 0.6) is 0 Å². The van der Waals surface area contributed by atoms with E-state index in [4.69, 9.17) is 9.47 Å². The first-order valence-electron chi connectivity index (χ1n) is 24.2. The average molecular weight is 880 g/mol. The number of aliphatic hydroxyl groups excluding tert-OH is 5. The first-order valence-corrected chi connectivity index (χ1v) is 25.5. The molecule has 356 valence electrons. The molecule has 1 aliphatic rings. The number of amides is 1. The highest BCUT2D eigenvalue weighted by atomic mass is 32.3. The molecule has 8 unspecified atom stereocenters. The summed E-state index contributed by atoms with van der Waals surface area (Å²) in [4.78, 5) is 13.1. The Kier molecular flexibility index (Phi) is 35.2. The third-order valence-corrected chi connectivity index (χ3v) is 12.1. The Morgan fingerprint density at radius 2 is 1.08 bits per heavy atom. The molecule has 0 bridgehead atoms. The fourth-order valence-corrected chi connectivity index (χ4v) is 8.32. The van der Waals surface area contributed by atoms with Gasteiger partial charge >= 0.3 is 10.4 Å². The molecule has 1 fully saturated rings. The van der Waals surface area contributed by atoms with E-state index in [1.165, 1.54) is 141 Å². The summed E-state index contributed by atoms with van der Waals surface area (Å²) in [6.45, 7) is 3.21. The Labute approximate surface area is 364 Å². The van der Waals surface area contributed by atoms with Gasteiger partial charge in [0.1, 0.15) is 30.5 Å². The van der Waals surface area contributed by atoms with E-state index in [-0.39, 0.29) is 6.42 Å². The van der Waals surface area contributed by atoms with Crippen LogP contribution in [0, 0.1) is 0 Å². The predicted molar refractivity (Wildman–Crippen MR) is 238 cm³/mol. The van der Waals surface area contributed by atoms with Crippen molar-refractivity contribution >= 4 is 16.3 Å². The van der Waals surface area contributed by atoms with E-state index < -0.39 is 78.5 Å². The molecule has 0 aromatic heterocycles. The minimum atomic E-state index is -5.11. The number of allylic oxidation sites excluding steroid dienone is 1. The van der Waals surface area contributed by atoms with E-state index in [0.29, 0.717) is 12.8 Å². The van der Waals surface area contributed by atoms with Gasteiger partial charge in [0.2, 0.25) is 5.91 Å². The molecule has 0 aromatic carbocycles. The molecular weight excluding hydrogens is 791 g/mol. The first kappa shape index (κ1) is 56.8. The largest absolute Gasteiger partial charge is 0.397 e. The molecule has 1 aliphatic heterocycles. The van der Waals surface area contributed by atoms with E-state index in [1.54, 1.807) is 6.08 Å². The second kappa shape index (κ2) is 37.2. The number of hydrogen-bond donors (Lipinski definition) is 7. The number of hydrogen-bond acceptors (Lipinski definition) is 11. The molecule has 0 aromatic rings. The highest BCUT2D eigenvalue weighted by Crippen LogP contribution is 2.26. The van der Waals surface area contributed by atoms with Crippen molar-refractivity contribution in [2.45, 2.75) is 262 Å². The van der Waals surface area contributed by atoms with E-state index in [0.717, 1.165) is 38.5 Å². The van der Waals surface area contributed by atoms with Crippen molar-refractivity contribution in [1.29, 1.82) is 0 Å². The Morgan fingerprint density at radius 1 is 0.667 bits per heavy atom. The Morgan fingerprint density at radius 3 is 1.50 bits per heavy atom. The summed E-state index contributed by atoms with van der Waals surface area (Å²) in [6, 6.07) is -1.11. The van der Waals surface area contributed by atoms with Crippen molar-refractivity contribution in [2.75, 3.05) is 13.2 Å². The number of nitrogens with one attached hydrogen (secondary N) is 1. The zero-order chi connectivity index (χ0) is 44.3. The Hall–Kier alpha value is -1.20. The number of carbonyl (C=O) groups is 1. The lowest BCUT2D eigenvalue weighted by molar-refractivity contribution is -0.298. The van der Waals surface area contributed by atoms with Crippen molar-refractivity contribution < 1.29 is 57.0 Å². The summed E-state index contributed by atoms with van der Waals surface area (Å²) in [6.07, 6.45) is 28.8. The maximum Gasteiger partial charge on any atom is 0.397 e. The van der Waals surface area contributed by atoms with E-state index in [9.17, 15) is 43.3 Å². The lowest BCUT2D eigenvalue weighted by atomic mass is 9.99. The van der Waals surface area contributed by atoms with E-state index in [1.807, 2.05) is 6.08 Å². The minimum Gasteiger partial charge on any atom is -0.394 e. The number of aliphatic hydroxyl groups is 5. The summed E-state index contributed by atoms with van der Waals surface area (Å²) in [5.41, 5.74) is 0. The highest BCUT2D eigenvalue weighted by Gasteiger charge is 2.48. The van der Waals surface area contributed by atoms with Crippen molar-refractivity contribution in [3.8, 4) is 0 Å². The van der Waals surface area contributed by atoms with Crippen LogP contribution in [-0.4, -0.2) is 107 Å². The summed E-state index contributed by atoms with van der Waals surface area (Å²) in [7, 11) is -5.11. The number of ether oxygens (including phenoxy) is 2. The molecule has 1 saturated heterocycles. The normalized spacial score (nSPS) is 21.4. The molecule has 1 rings (SSSR count). The van der Waals surface area contributed by atoms with E-state index in [2.05, 4.69) is 23.3 Å². The van der Waals surface area contributed by atoms with Crippen LogP contribution in [0.15, 0.2) is 12.2 Å². The van der Waals surface area contributed by atoms with Gasteiger partial charge in [-0.05, 0) is 19.3 Å². The van der Waals surface area contributed by atoms with Gasteiger partial charge in [0.15, 0.2) is 6.29 Å². The smallest absolute Gasteiger partial charge is 0.394 e. The number of unbranched alkanes of at least 4 members (excludes halogenated alkanes) is 28. The highest BCUT2D eigenvalue weighted by molar-refractivity contribution is 7.80. The molecule has 0 spiro atoms. The maximum absolute atomic E-state index is 13.1. The van der Waals surface area contributed by atoms with Gasteiger partial charge in [0, 0.05) is 0 Å². The van der Waals surface area contributed by atoms with Crippen molar-refractivity contribution in [2.24, 2.45) is 0 Å². The second-order valence-electron chi connectivity index (χ2n) is 17.2. The molecule has 0 saturated carbocycles. The molecule has 60 heavy (non-hydrogen) atoms. The predicted octanol–water partition coefficient (Wildman–Crippen LogP) is 8.53. The zero-order valence-corrected chi connectivity index (χ0v) is 38.5. The molecule has 8 atom stereocenters. The molecule has 1 heterocycles. The molecule has 7 N–H and O–H groups in total. The van der Waals surface area contributed by atoms with Crippen LogP contribution in [0.3, 0.4) is 0 Å². The fourth-order valence-electron chi connectivity index (χ4n) is 7.81. The third-order valence-electron chi connectivity index (χ3n) is 11.7. The minimum absolute atomic E-state index is 0.246. The third kappa shape index (κ3) is 29.2. The van der Waals surface area contributed by atoms with Crippen LogP contribution in [-0.2, 0) is 28.9 Å². The quantitative estimate of drug-likeness (QED) is 0.0175. The lowest BCUT2D eigenvalue weighted by Crippen LogP contribution is -2.61. The van der Waals surface area contributed by atoms with Gasteiger partial charge in [-0.25, -0.2) is 4.18 Å². The maximum atomic E-state index is 13.1.